The van der Waals surface area contributed by atoms with Gasteiger partial charge in [0, 0.05) is 25.0 Å². The van der Waals surface area contributed by atoms with Gasteiger partial charge in [0.25, 0.3) is 5.91 Å². The molecule has 0 unspecified atom stereocenters. The Kier molecular flexibility index (Phi) is 4.88. The molecule has 8 heteroatoms. The molecule has 8 nitrogen and oxygen atoms in total. The number of pyridine rings is 1. The minimum atomic E-state index is -0.634. The minimum Gasteiger partial charge on any atom is -0.352 e. The number of rotatable bonds is 5. The van der Waals surface area contributed by atoms with Gasteiger partial charge in [-0.2, -0.15) is 0 Å². The van der Waals surface area contributed by atoms with Gasteiger partial charge in [0.15, 0.2) is 0 Å². The summed E-state index contributed by atoms with van der Waals surface area (Å²) in [4.78, 5) is 26.2. The summed E-state index contributed by atoms with van der Waals surface area (Å²) in [6, 6.07) is 1.03. The normalized spacial score (nSPS) is 9.67. The van der Waals surface area contributed by atoms with E-state index in [0.717, 1.165) is 5.69 Å². The van der Waals surface area contributed by atoms with Crippen molar-refractivity contribution in [1.29, 1.82) is 0 Å². The zero-order valence-electron chi connectivity index (χ0n) is 9.99. The lowest BCUT2D eigenvalue weighted by atomic mass is 10.2. The molecule has 0 aliphatic carbocycles. The van der Waals surface area contributed by atoms with Gasteiger partial charge in [0.1, 0.15) is 0 Å². The molecule has 1 aromatic heterocycles. The molecule has 7 N–H and O–H groups in total. The number of anilines is 1. The van der Waals surface area contributed by atoms with E-state index in [1.54, 1.807) is 13.0 Å². The van der Waals surface area contributed by atoms with Gasteiger partial charge in [-0.1, -0.05) is 0 Å². The Balaban J connectivity index is 2.58. The predicted molar refractivity (Wildman–Crippen MR) is 66.7 cm³/mol. The summed E-state index contributed by atoms with van der Waals surface area (Å²) < 4.78 is 0. The first-order valence-electron chi connectivity index (χ1n) is 5.29. The number of primary amides is 1. The largest absolute Gasteiger partial charge is 0.352 e. The molecule has 0 saturated carbocycles. The van der Waals surface area contributed by atoms with E-state index in [1.165, 1.54) is 6.20 Å². The summed E-state index contributed by atoms with van der Waals surface area (Å²) in [7, 11) is 0. The number of hydrogen-bond donors (Lipinski definition) is 5. The molecule has 0 atom stereocenters. The van der Waals surface area contributed by atoms with Crippen LogP contribution in [0.2, 0.25) is 0 Å². The maximum Gasteiger partial charge on any atom is 0.312 e. The maximum atomic E-state index is 11.8. The van der Waals surface area contributed by atoms with E-state index >= 15 is 0 Å². The summed E-state index contributed by atoms with van der Waals surface area (Å²) in [5, 5.41) is 4.96. The van der Waals surface area contributed by atoms with Crippen molar-refractivity contribution >= 4 is 17.6 Å². The summed E-state index contributed by atoms with van der Waals surface area (Å²) in [5.74, 6) is 4.99. The Bertz CT molecular complexity index is 448. The molecule has 18 heavy (non-hydrogen) atoms. The molecule has 1 rings (SSSR count). The first-order chi connectivity index (χ1) is 8.54. The lowest BCUT2D eigenvalue weighted by Gasteiger charge is -2.10. The number of amides is 3. The van der Waals surface area contributed by atoms with Gasteiger partial charge in [-0.15, -0.1) is 0 Å². The lowest BCUT2D eigenvalue weighted by molar-refractivity contribution is 0.0954. The molecular formula is C10H16N6O2. The molecule has 0 radical (unpaired) electrons. The van der Waals surface area contributed by atoms with Crippen molar-refractivity contribution in [2.45, 2.75) is 6.92 Å². The fourth-order valence-corrected chi connectivity index (χ4v) is 1.32. The number of nitrogen functional groups attached to an aromatic ring is 1. The number of nitrogens with zero attached hydrogens (tertiary/aromatic N) is 1. The lowest BCUT2D eigenvalue weighted by Crippen LogP contribution is -2.37. The highest BCUT2D eigenvalue weighted by atomic mass is 16.2. The Morgan fingerprint density at radius 1 is 1.33 bits per heavy atom. The molecule has 0 saturated heterocycles. The van der Waals surface area contributed by atoms with E-state index in [1.807, 2.05) is 0 Å². The Morgan fingerprint density at radius 3 is 2.61 bits per heavy atom. The summed E-state index contributed by atoms with van der Waals surface area (Å²) in [6.45, 7) is 2.31. The van der Waals surface area contributed by atoms with Crippen molar-refractivity contribution in [2.75, 3.05) is 18.5 Å². The number of aromatic nitrogens is 1. The molecule has 0 aliphatic rings. The van der Waals surface area contributed by atoms with Crippen LogP contribution in [0.5, 0.6) is 0 Å². The van der Waals surface area contributed by atoms with Crippen LogP contribution in [-0.2, 0) is 0 Å². The van der Waals surface area contributed by atoms with Gasteiger partial charge in [-0.25, -0.2) is 4.79 Å². The quantitative estimate of drug-likeness (QED) is 0.262. The number of hydrazine groups is 1. The van der Waals surface area contributed by atoms with Crippen LogP contribution in [0.3, 0.4) is 0 Å². The standard InChI is InChI=1S/C10H16N6O2/c1-6-4-8(16-12)7(5-15-6)9(17)13-2-3-14-10(11)18/h4-5H,2-3,12H2,1H3,(H,13,17)(H,15,16)(H3,11,14,18). The molecule has 0 aromatic carbocycles. The first-order valence-corrected chi connectivity index (χ1v) is 5.29. The van der Waals surface area contributed by atoms with E-state index in [2.05, 4.69) is 21.0 Å². The average molecular weight is 252 g/mol. The van der Waals surface area contributed by atoms with E-state index < -0.39 is 6.03 Å². The average Bonchev–Trinajstić information content (AvgIpc) is 2.33. The Labute approximate surface area is 104 Å². The third-order valence-electron chi connectivity index (χ3n) is 2.15. The molecular weight excluding hydrogens is 236 g/mol. The van der Waals surface area contributed by atoms with Gasteiger partial charge in [-0.05, 0) is 13.0 Å². The predicted octanol–water partition coefficient (Wildman–Crippen LogP) is -0.926. The van der Waals surface area contributed by atoms with Gasteiger partial charge in [0.2, 0.25) is 0 Å². The van der Waals surface area contributed by atoms with Crippen molar-refractivity contribution in [1.82, 2.24) is 15.6 Å². The maximum absolute atomic E-state index is 11.8. The van der Waals surface area contributed by atoms with Crippen molar-refractivity contribution in [3.05, 3.63) is 23.5 Å². The van der Waals surface area contributed by atoms with Crippen LogP contribution in [-0.4, -0.2) is 30.0 Å². The van der Waals surface area contributed by atoms with Crippen molar-refractivity contribution < 1.29 is 9.59 Å². The number of carbonyl (C=O) groups excluding carboxylic acids is 2. The smallest absolute Gasteiger partial charge is 0.312 e. The molecule has 3 amide bonds. The highest BCUT2D eigenvalue weighted by Gasteiger charge is 2.11. The second-order valence-electron chi connectivity index (χ2n) is 3.56. The van der Waals surface area contributed by atoms with Crippen LogP contribution >= 0.6 is 0 Å². The second kappa shape index (κ2) is 6.40. The molecule has 0 spiro atoms. The van der Waals surface area contributed by atoms with Crippen LogP contribution in [0, 0.1) is 6.92 Å². The second-order valence-corrected chi connectivity index (χ2v) is 3.56. The Hall–Kier alpha value is -2.35. The van der Waals surface area contributed by atoms with Gasteiger partial charge < -0.3 is 21.8 Å². The topological polar surface area (TPSA) is 135 Å². The highest BCUT2D eigenvalue weighted by Crippen LogP contribution is 2.13. The molecule has 0 bridgehead atoms. The fourth-order valence-electron chi connectivity index (χ4n) is 1.32. The number of hydrogen-bond acceptors (Lipinski definition) is 5. The molecule has 0 aliphatic heterocycles. The zero-order chi connectivity index (χ0) is 13.5. The van der Waals surface area contributed by atoms with E-state index in [9.17, 15) is 9.59 Å². The van der Waals surface area contributed by atoms with Crippen LogP contribution in [0.25, 0.3) is 0 Å². The van der Waals surface area contributed by atoms with Crippen molar-refractivity contribution in [3.8, 4) is 0 Å². The third-order valence-corrected chi connectivity index (χ3v) is 2.15. The van der Waals surface area contributed by atoms with Crippen LogP contribution in [0.1, 0.15) is 16.1 Å². The van der Waals surface area contributed by atoms with Gasteiger partial charge in [0.05, 0.1) is 11.3 Å². The Morgan fingerprint density at radius 2 is 2.00 bits per heavy atom. The number of urea groups is 1. The summed E-state index contributed by atoms with van der Waals surface area (Å²) in [6.07, 6.45) is 1.43. The summed E-state index contributed by atoms with van der Waals surface area (Å²) in [5.41, 5.74) is 8.89. The highest BCUT2D eigenvalue weighted by molar-refractivity contribution is 5.99. The number of aryl methyl sites for hydroxylation is 1. The van der Waals surface area contributed by atoms with Crippen molar-refractivity contribution in [3.63, 3.8) is 0 Å². The molecule has 1 heterocycles. The SMILES string of the molecule is Cc1cc(NN)c(C(=O)NCCNC(N)=O)cn1. The number of nitrogens with one attached hydrogen (secondary N) is 3. The summed E-state index contributed by atoms with van der Waals surface area (Å²) >= 11 is 0. The van der Waals surface area contributed by atoms with E-state index in [0.29, 0.717) is 11.3 Å². The number of carbonyl (C=O) groups is 2. The zero-order valence-corrected chi connectivity index (χ0v) is 9.99. The van der Waals surface area contributed by atoms with Gasteiger partial charge >= 0.3 is 6.03 Å². The minimum absolute atomic E-state index is 0.256. The van der Waals surface area contributed by atoms with Crippen LogP contribution in [0.15, 0.2) is 12.3 Å². The van der Waals surface area contributed by atoms with Crippen LogP contribution in [0.4, 0.5) is 10.5 Å². The fraction of sp³-hybridized carbons (Fsp3) is 0.300. The molecule has 1 aromatic rings. The monoisotopic (exact) mass is 252 g/mol. The molecule has 98 valence electrons. The first kappa shape index (κ1) is 13.7. The van der Waals surface area contributed by atoms with Crippen LogP contribution < -0.4 is 27.6 Å². The third kappa shape index (κ3) is 3.91. The van der Waals surface area contributed by atoms with Crippen molar-refractivity contribution in [2.24, 2.45) is 11.6 Å². The van der Waals surface area contributed by atoms with E-state index in [4.69, 9.17) is 11.6 Å². The van der Waals surface area contributed by atoms with Gasteiger partial charge in [-0.3, -0.25) is 15.6 Å². The van der Waals surface area contributed by atoms with E-state index in [-0.39, 0.29) is 19.0 Å². The number of nitrogens with two attached hydrogens (primary N) is 2. The molecule has 0 fully saturated rings.